The monoisotopic (exact) mass is 180 g/mol. The molecule has 0 radical (unpaired) electrons. The van der Waals surface area contributed by atoms with Crippen molar-refractivity contribution in [2.24, 2.45) is 0 Å². The van der Waals surface area contributed by atoms with Gasteiger partial charge in [0, 0.05) is 17.5 Å². The zero-order chi connectivity index (χ0) is 10.5. The molecule has 0 aliphatic rings. The number of nitrogens with one attached hydrogen (secondary N) is 1. The highest BCUT2D eigenvalue weighted by molar-refractivity contribution is 5.93. The second-order valence-electron chi connectivity index (χ2n) is 3.97. The van der Waals surface area contributed by atoms with Gasteiger partial charge in [0.05, 0.1) is 6.07 Å². The van der Waals surface area contributed by atoms with E-state index in [1.807, 2.05) is 26.8 Å². The van der Waals surface area contributed by atoms with Crippen LogP contribution in [0.4, 0.5) is 0 Å². The lowest BCUT2D eigenvalue weighted by Gasteiger charge is -2.20. The lowest BCUT2D eigenvalue weighted by molar-refractivity contribution is -0.118. The largest absolute Gasteiger partial charge is 0.348 e. The predicted octanol–water partition coefficient (Wildman–Crippen LogP) is 1.76. The van der Waals surface area contributed by atoms with E-state index in [0.29, 0.717) is 18.4 Å². The van der Waals surface area contributed by atoms with Crippen LogP contribution in [0.25, 0.3) is 0 Å². The van der Waals surface area contributed by atoms with Gasteiger partial charge in [0.1, 0.15) is 0 Å². The Morgan fingerprint density at radius 2 is 2.08 bits per heavy atom. The third-order valence-electron chi connectivity index (χ3n) is 1.35. The van der Waals surface area contributed by atoms with Gasteiger partial charge in [-0.05, 0) is 27.2 Å². The summed E-state index contributed by atoms with van der Waals surface area (Å²) in [5.74, 6) is -0.164. The Morgan fingerprint density at radius 1 is 1.54 bits per heavy atom. The van der Waals surface area contributed by atoms with Crippen LogP contribution in [0, 0.1) is 11.3 Å². The SMILES string of the molecule is C=C(CCC#N)C(=O)NC(C)(C)C. The zero-order valence-electron chi connectivity index (χ0n) is 8.48. The molecule has 0 aliphatic heterocycles. The van der Waals surface area contributed by atoms with Crippen molar-refractivity contribution in [3.8, 4) is 6.07 Å². The first kappa shape index (κ1) is 11.7. The quantitative estimate of drug-likeness (QED) is 0.673. The lowest BCUT2D eigenvalue weighted by atomic mass is 10.1. The average molecular weight is 180 g/mol. The molecule has 0 aromatic heterocycles. The molecular weight excluding hydrogens is 164 g/mol. The molecule has 72 valence electrons. The molecule has 0 fully saturated rings. The molecule has 0 rings (SSSR count). The summed E-state index contributed by atoms with van der Waals surface area (Å²) < 4.78 is 0. The summed E-state index contributed by atoms with van der Waals surface area (Å²) in [5, 5.41) is 11.1. The molecule has 1 N–H and O–H groups in total. The Balaban J connectivity index is 4.00. The van der Waals surface area contributed by atoms with E-state index < -0.39 is 0 Å². The molecule has 0 aliphatic carbocycles. The van der Waals surface area contributed by atoms with Gasteiger partial charge in [-0.3, -0.25) is 4.79 Å². The summed E-state index contributed by atoms with van der Waals surface area (Å²) in [6, 6.07) is 1.98. The number of nitrogens with zero attached hydrogens (tertiary/aromatic N) is 1. The fraction of sp³-hybridized carbons (Fsp3) is 0.600. The summed E-state index contributed by atoms with van der Waals surface area (Å²) in [6.45, 7) is 9.33. The van der Waals surface area contributed by atoms with Crippen LogP contribution in [0.2, 0.25) is 0 Å². The summed E-state index contributed by atoms with van der Waals surface area (Å²) >= 11 is 0. The summed E-state index contributed by atoms with van der Waals surface area (Å²) in [4.78, 5) is 11.3. The van der Waals surface area contributed by atoms with E-state index in [1.165, 1.54) is 0 Å². The Kier molecular flexibility index (Phi) is 4.19. The number of hydrogen-bond acceptors (Lipinski definition) is 2. The molecule has 0 saturated carbocycles. The Morgan fingerprint density at radius 3 is 2.46 bits per heavy atom. The predicted molar refractivity (Wildman–Crippen MR) is 51.9 cm³/mol. The summed E-state index contributed by atoms with van der Waals surface area (Å²) in [6.07, 6.45) is 0.787. The molecule has 0 atom stereocenters. The third-order valence-corrected chi connectivity index (χ3v) is 1.35. The first-order valence-electron chi connectivity index (χ1n) is 4.24. The second-order valence-corrected chi connectivity index (χ2v) is 3.97. The van der Waals surface area contributed by atoms with E-state index in [4.69, 9.17) is 5.26 Å². The zero-order valence-corrected chi connectivity index (χ0v) is 8.48. The molecule has 0 spiro atoms. The van der Waals surface area contributed by atoms with Gasteiger partial charge in [0.25, 0.3) is 0 Å². The molecule has 0 aromatic carbocycles. The van der Waals surface area contributed by atoms with Gasteiger partial charge in [0.2, 0.25) is 5.91 Å². The van der Waals surface area contributed by atoms with Crippen LogP contribution in [0.1, 0.15) is 33.6 Å². The van der Waals surface area contributed by atoms with Crippen molar-refractivity contribution in [3.63, 3.8) is 0 Å². The first-order valence-corrected chi connectivity index (χ1v) is 4.24. The minimum absolute atomic E-state index is 0.164. The average Bonchev–Trinajstić information content (AvgIpc) is 1.96. The van der Waals surface area contributed by atoms with Crippen molar-refractivity contribution in [2.75, 3.05) is 0 Å². The van der Waals surface area contributed by atoms with Gasteiger partial charge < -0.3 is 5.32 Å². The van der Waals surface area contributed by atoms with Crippen molar-refractivity contribution in [2.45, 2.75) is 39.2 Å². The van der Waals surface area contributed by atoms with Crippen molar-refractivity contribution in [3.05, 3.63) is 12.2 Å². The molecule has 3 nitrogen and oxygen atoms in total. The van der Waals surface area contributed by atoms with E-state index in [0.717, 1.165) is 0 Å². The number of rotatable bonds is 3. The van der Waals surface area contributed by atoms with Gasteiger partial charge in [-0.25, -0.2) is 0 Å². The first-order chi connectivity index (χ1) is 5.87. The number of carbonyl (C=O) groups is 1. The molecule has 1 amide bonds. The Hall–Kier alpha value is -1.30. The van der Waals surface area contributed by atoms with Gasteiger partial charge in [-0.2, -0.15) is 5.26 Å². The maximum absolute atomic E-state index is 11.3. The normalized spacial score (nSPS) is 10.3. The topological polar surface area (TPSA) is 52.9 Å². The van der Waals surface area contributed by atoms with Crippen LogP contribution < -0.4 is 5.32 Å². The maximum Gasteiger partial charge on any atom is 0.247 e. The molecule has 0 unspecified atom stereocenters. The molecule has 13 heavy (non-hydrogen) atoms. The molecule has 0 heterocycles. The van der Waals surface area contributed by atoms with Gasteiger partial charge >= 0.3 is 0 Å². The van der Waals surface area contributed by atoms with E-state index in [9.17, 15) is 4.79 Å². The van der Waals surface area contributed by atoms with E-state index in [1.54, 1.807) is 0 Å². The fourth-order valence-corrected chi connectivity index (χ4v) is 0.749. The molecule has 0 saturated heterocycles. The highest BCUT2D eigenvalue weighted by Crippen LogP contribution is 2.05. The maximum atomic E-state index is 11.3. The van der Waals surface area contributed by atoms with Crippen molar-refractivity contribution in [1.29, 1.82) is 5.26 Å². The lowest BCUT2D eigenvalue weighted by Crippen LogP contribution is -2.41. The van der Waals surface area contributed by atoms with Crippen LogP contribution in [0.15, 0.2) is 12.2 Å². The number of nitriles is 1. The van der Waals surface area contributed by atoms with Crippen LogP contribution in [-0.4, -0.2) is 11.4 Å². The standard InChI is InChI=1S/C10H16N2O/c1-8(6-5-7-11)9(13)12-10(2,3)4/h1,5-6H2,2-4H3,(H,12,13). The van der Waals surface area contributed by atoms with Crippen molar-refractivity contribution in [1.82, 2.24) is 5.32 Å². The number of carbonyl (C=O) groups excluding carboxylic acids is 1. The number of hydrogen-bond donors (Lipinski definition) is 1. The Labute approximate surface area is 79.4 Å². The Bertz CT molecular complexity index is 243. The van der Waals surface area contributed by atoms with E-state index >= 15 is 0 Å². The fourth-order valence-electron chi connectivity index (χ4n) is 0.749. The molecular formula is C10H16N2O. The van der Waals surface area contributed by atoms with Gasteiger partial charge in [-0.15, -0.1) is 0 Å². The van der Waals surface area contributed by atoms with Crippen LogP contribution >= 0.6 is 0 Å². The van der Waals surface area contributed by atoms with E-state index in [-0.39, 0.29) is 11.4 Å². The highest BCUT2D eigenvalue weighted by atomic mass is 16.1. The van der Waals surface area contributed by atoms with Crippen LogP contribution in [0.5, 0.6) is 0 Å². The minimum Gasteiger partial charge on any atom is -0.348 e. The van der Waals surface area contributed by atoms with E-state index in [2.05, 4.69) is 11.9 Å². The minimum atomic E-state index is -0.243. The second kappa shape index (κ2) is 4.66. The van der Waals surface area contributed by atoms with Gasteiger partial charge in [-0.1, -0.05) is 6.58 Å². The summed E-state index contributed by atoms with van der Waals surface area (Å²) in [5.41, 5.74) is 0.226. The highest BCUT2D eigenvalue weighted by Gasteiger charge is 2.15. The summed E-state index contributed by atoms with van der Waals surface area (Å²) in [7, 11) is 0. The van der Waals surface area contributed by atoms with Crippen molar-refractivity contribution >= 4 is 5.91 Å². The molecule has 0 bridgehead atoms. The smallest absolute Gasteiger partial charge is 0.247 e. The van der Waals surface area contributed by atoms with Crippen molar-refractivity contribution < 1.29 is 4.79 Å². The number of amides is 1. The van der Waals surface area contributed by atoms with Crippen LogP contribution in [0.3, 0.4) is 0 Å². The van der Waals surface area contributed by atoms with Crippen LogP contribution in [-0.2, 0) is 4.79 Å². The van der Waals surface area contributed by atoms with Gasteiger partial charge in [0.15, 0.2) is 0 Å². The molecule has 0 aromatic rings. The molecule has 3 heteroatoms. The third kappa shape index (κ3) is 5.92.